The molecule has 0 spiro atoms. The van der Waals surface area contributed by atoms with E-state index in [1.54, 1.807) is 18.2 Å². The number of benzene rings is 2. The minimum absolute atomic E-state index is 0.236. The number of methoxy groups -OCH3 is 1. The molecule has 0 aromatic heterocycles. The van der Waals surface area contributed by atoms with E-state index in [-0.39, 0.29) is 4.90 Å². The van der Waals surface area contributed by atoms with Gasteiger partial charge in [-0.1, -0.05) is 6.07 Å². The molecule has 0 atom stereocenters. The second-order valence-electron chi connectivity index (χ2n) is 6.34. The molecule has 3 rings (SSSR count). The van der Waals surface area contributed by atoms with Crippen LogP contribution in [0.5, 0.6) is 5.75 Å². The number of nitrogens with zero attached hydrogens (tertiary/aromatic N) is 1. The number of sulfonamides is 1. The van der Waals surface area contributed by atoms with E-state index in [1.165, 1.54) is 7.11 Å². The van der Waals surface area contributed by atoms with Gasteiger partial charge in [0.05, 0.1) is 30.9 Å². The summed E-state index contributed by atoms with van der Waals surface area (Å²) in [5, 5.41) is 0. The number of morpholine rings is 1. The third-order valence-corrected chi connectivity index (χ3v) is 5.96. The molecule has 1 fully saturated rings. The van der Waals surface area contributed by atoms with Crippen molar-refractivity contribution in [2.24, 2.45) is 0 Å². The molecule has 7 heteroatoms. The summed E-state index contributed by atoms with van der Waals surface area (Å²) in [6.07, 6.45) is 0. The highest BCUT2D eigenvalue weighted by Crippen LogP contribution is 2.32. The summed E-state index contributed by atoms with van der Waals surface area (Å²) in [5.41, 5.74) is 3.35. The molecule has 0 bridgehead atoms. The van der Waals surface area contributed by atoms with Gasteiger partial charge in [-0.3, -0.25) is 4.72 Å². The Morgan fingerprint density at radius 1 is 1.04 bits per heavy atom. The molecule has 1 N–H and O–H groups in total. The molecule has 140 valence electrons. The lowest BCUT2D eigenvalue weighted by Gasteiger charge is -2.29. The first-order valence-corrected chi connectivity index (χ1v) is 10.00. The van der Waals surface area contributed by atoms with Crippen molar-refractivity contribution >= 4 is 21.4 Å². The SMILES string of the molecule is COc1ccc(N2CCOCC2)cc1NS(=O)(=O)c1ccc(C)c(C)c1. The first-order valence-electron chi connectivity index (χ1n) is 8.51. The lowest BCUT2D eigenvalue weighted by atomic mass is 10.1. The molecular formula is C19H24N2O4S. The van der Waals surface area contributed by atoms with E-state index in [0.717, 1.165) is 29.9 Å². The molecule has 2 aromatic carbocycles. The number of nitrogens with one attached hydrogen (secondary N) is 1. The summed E-state index contributed by atoms with van der Waals surface area (Å²) in [4.78, 5) is 2.40. The van der Waals surface area contributed by atoms with Crippen molar-refractivity contribution < 1.29 is 17.9 Å². The predicted molar refractivity (Wildman–Crippen MR) is 103 cm³/mol. The number of hydrogen-bond donors (Lipinski definition) is 1. The molecule has 0 radical (unpaired) electrons. The van der Waals surface area contributed by atoms with Gasteiger partial charge in [0.25, 0.3) is 10.0 Å². The minimum atomic E-state index is -3.71. The van der Waals surface area contributed by atoms with Crippen LogP contribution in [0.25, 0.3) is 0 Å². The zero-order valence-electron chi connectivity index (χ0n) is 15.3. The van der Waals surface area contributed by atoms with E-state index >= 15 is 0 Å². The van der Waals surface area contributed by atoms with Gasteiger partial charge < -0.3 is 14.4 Å². The van der Waals surface area contributed by atoms with E-state index in [2.05, 4.69) is 9.62 Å². The van der Waals surface area contributed by atoms with Crippen molar-refractivity contribution in [3.05, 3.63) is 47.5 Å². The van der Waals surface area contributed by atoms with Gasteiger partial charge in [-0.05, 0) is 55.3 Å². The Balaban J connectivity index is 1.92. The van der Waals surface area contributed by atoms with Crippen molar-refractivity contribution in [1.29, 1.82) is 0 Å². The fraction of sp³-hybridized carbons (Fsp3) is 0.368. The summed E-state index contributed by atoms with van der Waals surface area (Å²) in [6, 6.07) is 10.6. The van der Waals surface area contributed by atoms with Gasteiger partial charge in [-0.25, -0.2) is 8.42 Å². The van der Waals surface area contributed by atoms with Gasteiger partial charge >= 0.3 is 0 Å². The van der Waals surface area contributed by atoms with E-state index in [4.69, 9.17) is 9.47 Å². The molecule has 0 aliphatic carbocycles. The summed E-state index contributed by atoms with van der Waals surface area (Å²) >= 11 is 0. The van der Waals surface area contributed by atoms with Crippen molar-refractivity contribution in [3.63, 3.8) is 0 Å². The van der Waals surface area contributed by atoms with Crippen LogP contribution in [0.1, 0.15) is 11.1 Å². The van der Waals surface area contributed by atoms with E-state index in [9.17, 15) is 8.42 Å². The third-order valence-electron chi connectivity index (χ3n) is 4.59. The van der Waals surface area contributed by atoms with Crippen LogP contribution < -0.4 is 14.4 Å². The summed E-state index contributed by atoms with van der Waals surface area (Å²) < 4.78 is 39.0. The fourth-order valence-electron chi connectivity index (χ4n) is 2.88. The monoisotopic (exact) mass is 376 g/mol. The van der Waals surface area contributed by atoms with Crippen LogP contribution in [0.2, 0.25) is 0 Å². The quantitative estimate of drug-likeness (QED) is 0.869. The standard InChI is InChI=1S/C19H24N2O4S/c1-14-4-6-17(12-15(14)2)26(22,23)20-18-13-16(5-7-19(18)24-3)21-8-10-25-11-9-21/h4-7,12-13,20H,8-11H2,1-3H3. The number of hydrogen-bond acceptors (Lipinski definition) is 5. The maximum Gasteiger partial charge on any atom is 0.262 e. The summed E-state index contributed by atoms with van der Waals surface area (Å²) in [6.45, 7) is 6.72. The highest BCUT2D eigenvalue weighted by atomic mass is 32.2. The van der Waals surface area contributed by atoms with Crippen molar-refractivity contribution in [1.82, 2.24) is 0 Å². The third kappa shape index (κ3) is 3.94. The molecule has 0 unspecified atom stereocenters. The first kappa shape index (κ1) is 18.5. The number of rotatable bonds is 5. The van der Waals surface area contributed by atoms with Gasteiger partial charge in [0.1, 0.15) is 5.75 Å². The Morgan fingerprint density at radius 3 is 2.42 bits per heavy atom. The Morgan fingerprint density at radius 2 is 1.77 bits per heavy atom. The van der Waals surface area contributed by atoms with Crippen molar-refractivity contribution in [2.75, 3.05) is 43.0 Å². The van der Waals surface area contributed by atoms with Gasteiger partial charge in [-0.15, -0.1) is 0 Å². The van der Waals surface area contributed by atoms with Gasteiger partial charge in [0, 0.05) is 18.8 Å². The molecule has 0 amide bonds. The molecule has 2 aromatic rings. The second kappa shape index (κ2) is 7.55. The molecule has 1 aliphatic heterocycles. The largest absolute Gasteiger partial charge is 0.495 e. The normalized spacial score (nSPS) is 15.0. The van der Waals surface area contributed by atoms with Gasteiger partial charge in [-0.2, -0.15) is 0 Å². The van der Waals surface area contributed by atoms with E-state index < -0.39 is 10.0 Å². The van der Waals surface area contributed by atoms with Crippen molar-refractivity contribution in [3.8, 4) is 5.75 Å². The maximum atomic E-state index is 12.8. The van der Waals surface area contributed by atoms with Crippen LogP contribution in [-0.2, 0) is 14.8 Å². The van der Waals surface area contributed by atoms with Crippen LogP contribution in [-0.4, -0.2) is 41.8 Å². The molecule has 26 heavy (non-hydrogen) atoms. The van der Waals surface area contributed by atoms with Crippen LogP contribution in [0.4, 0.5) is 11.4 Å². The Labute approximate surface area is 154 Å². The Kier molecular flexibility index (Phi) is 5.38. The fourth-order valence-corrected chi connectivity index (χ4v) is 4.02. The number of ether oxygens (including phenoxy) is 2. The second-order valence-corrected chi connectivity index (χ2v) is 8.02. The highest BCUT2D eigenvalue weighted by Gasteiger charge is 2.19. The van der Waals surface area contributed by atoms with Crippen LogP contribution in [0, 0.1) is 13.8 Å². The lowest BCUT2D eigenvalue weighted by Crippen LogP contribution is -2.36. The topological polar surface area (TPSA) is 67.9 Å². The predicted octanol–water partition coefficient (Wildman–Crippen LogP) is 2.95. The highest BCUT2D eigenvalue weighted by molar-refractivity contribution is 7.92. The summed E-state index contributed by atoms with van der Waals surface area (Å²) in [7, 11) is -2.18. The number of aryl methyl sites for hydroxylation is 2. The zero-order valence-corrected chi connectivity index (χ0v) is 16.1. The van der Waals surface area contributed by atoms with Gasteiger partial charge in [0.15, 0.2) is 0 Å². The van der Waals surface area contributed by atoms with Crippen LogP contribution >= 0.6 is 0 Å². The average molecular weight is 376 g/mol. The molecular weight excluding hydrogens is 352 g/mol. The smallest absolute Gasteiger partial charge is 0.262 e. The van der Waals surface area contributed by atoms with E-state index in [1.807, 2.05) is 32.0 Å². The van der Waals surface area contributed by atoms with Crippen LogP contribution in [0.15, 0.2) is 41.3 Å². The first-order chi connectivity index (χ1) is 12.4. The molecule has 0 saturated carbocycles. The lowest BCUT2D eigenvalue weighted by molar-refractivity contribution is 0.122. The number of anilines is 2. The summed E-state index contributed by atoms with van der Waals surface area (Å²) in [5.74, 6) is 0.481. The van der Waals surface area contributed by atoms with Crippen LogP contribution in [0.3, 0.4) is 0 Å². The molecule has 1 aliphatic rings. The molecule has 1 heterocycles. The molecule has 6 nitrogen and oxygen atoms in total. The maximum absolute atomic E-state index is 12.8. The van der Waals surface area contributed by atoms with Crippen molar-refractivity contribution in [2.45, 2.75) is 18.7 Å². The van der Waals surface area contributed by atoms with E-state index in [0.29, 0.717) is 24.7 Å². The molecule has 1 saturated heterocycles. The van der Waals surface area contributed by atoms with Gasteiger partial charge in [0.2, 0.25) is 0 Å². The minimum Gasteiger partial charge on any atom is -0.495 e. The zero-order chi connectivity index (χ0) is 18.7. The Bertz CT molecular complexity index is 890. The Hall–Kier alpha value is -2.25. The average Bonchev–Trinajstić information content (AvgIpc) is 2.64.